The molecule has 5 nitrogen and oxygen atoms in total. The van der Waals surface area contributed by atoms with Gasteiger partial charge in [-0.1, -0.05) is 109 Å². The van der Waals surface area contributed by atoms with E-state index in [1.807, 2.05) is 72.8 Å². The molecule has 5 heteroatoms. The molecule has 0 saturated carbocycles. The number of nitrogens with zero attached hydrogens (tertiary/aromatic N) is 5. The second-order valence-electron chi connectivity index (χ2n) is 12.2. The predicted molar refractivity (Wildman–Crippen MR) is 203 cm³/mol. The Bertz CT molecular complexity index is 2900. The summed E-state index contributed by atoms with van der Waals surface area (Å²) in [7, 11) is 0. The van der Waals surface area contributed by atoms with E-state index in [2.05, 4.69) is 104 Å². The second kappa shape index (κ2) is 11.4. The van der Waals surface area contributed by atoms with Crippen molar-refractivity contribution >= 4 is 55.0 Å². The normalized spacial score (nSPS) is 11.1. The van der Waals surface area contributed by atoms with Crippen LogP contribution in [0.25, 0.3) is 86.9 Å². The molecule has 0 radical (unpaired) electrons. The molecule has 0 spiro atoms. The van der Waals surface area contributed by atoms with Crippen molar-refractivity contribution < 1.29 is 0 Å². The Morgan fingerprint density at radius 1 is 0.480 bits per heavy atom. The van der Waals surface area contributed by atoms with Gasteiger partial charge in [0.15, 0.2) is 0 Å². The fourth-order valence-corrected chi connectivity index (χ4v) is 7.45. The maximum absolute atomic E-state index is 9.59. The summed E-state index contributed by atoms with van der Waals surface area (Å²) in [5, 5.41) is 13.9. The van der Waals surface area contributed by atoms with Crippen LogP contribution in [0.15, 0.2) is 152 Å². The van der Waals surface area contributed by atoms with E-state index in [0.29, 0.717) is 16.9 Å². The van der Waals surface area contributed by atoms with Crippen molar-refractivity contribution in [3.05, 3.63) is 180 Å². The Balaban J connectivity index is 1.21. The van der Waals surface area contributed by atoms with Crippen molar-refractivity contribution in [1.29, 1.82) is 5.26 Å². The van der Waals surface area contributed by atoms with Gasteiger partial charge in [0.1, 0.15) is 0 Å². The minimum Gasteiger partial charge on any atom is -0.319 e. The van der Waals surface area contributed by atoms with Crippen LogP contribution in [0.4, 0.5) is 11.4 Å². The Labute approximate surface area is 288 Å². The maximum Gasteiger partial charge on any atom is 0.218 e. The molecule has 0 N–H and O–H groups in total. The number of nitriles is 1. The third kappa shape index (κ3) is 4.24. The molecule has 9 aromatic rings. The van der Waals surface area contributed by atoms with Gasteiger partial charge >= 0.3 is 0 Å². The van der Waals surface area contributed by atoms with Gasteiger partial charge in [0.2, 0.25) is 11.4 Å². The molecule has 2 heterocycles. The van der Waals surface area contributed by atoms with Crippen molar-refractivity contribution in [2.24, 2.45) is 0 Å². The number of hydrogen-bond donors (Lipinski definition) is 0. The zero-order chi connectivity index (χ0) is 33.8. The number of benzene rings is 7. The molecule has 0 aliphatic heterocycles. The molecule has 0 bridgehead atoms. The van der Waals surface area contributed by atoms with Crippen molar-refractivity contribution in [2.45, 2.75) is 0 Å². The van der Waals surface area contributed by atoms with Crippen LogP contribution in [-0.2, 0) is 0 Å². The summed E-state index contributed by atoms with van der Waals surface area (Å²) >= 11 is 0. The average Bonchev–Trinajstić information content (AvgIpc) is 3.69. The summed E-state index contributed by atoms with van der Waals surface area (Å²) in [4.78, 5) is 8.08. The summed E-state index contributed by atoms with van der Waals surface area (Å²) in [5.74, 6) is 0. The first kappa shape index (κ1) is 28.8. The fraction of sp³-hybridized carbons (Fsp3) is 0. The molecule has 0 aliphatic carbocycles. The van der Waals surface area contributed by atoms with Crippen LogP contribution < -0.4 is 0 Å². The highest BCUT2D eigenvalue weighted by atomic mass is 15.0. The van der Waals surface area contributed by atoms with E-state index in [1.54, 1.807) is 0 Å². The molecule has 9 rings (SSSR count). The van der Waals surface area contributed by atoms with Gasteiger partial charge in [0.25, 0.3) is 0 Å². The van der Waals surface area contributed by atoms with Crippen molar-refractivity contribution in [1.82, 2.24) is 9.13 Å². The van der Waals surface area contributed by atoms with Crippen LogP contribution in [0, 0.1) is 24.5 Å². The summed E-state index contributed by atoms with van der Waals surface area (Å²) in [5.41, 5.74) is 11.1. The van der Waals surface area contributed by atoms with Crippen LogP contribution in [0.3, 0.4) is 0 Å². The fourth-order valence-electron chi connectivity index (χ4n) is 7.45. The SMILES string of the molecule is [C-]#[N+]c1cccc(-c2ccc(-c3cccc(-n4c5ccccc5c5cc(C#N)ccc54)c3[N+]#[C-])cc2)c1-n1c2ccccc2c2ccccc21. The van der Waals surface area contributed by atoms with Crippen molar-refractivity contribution in [3.8, 4) is 39.7 Å². The summed E-state index contributed by atoms with van der Waals surface area (Å²) in [6.45, 7) is 16.5. The molecule has 7 aromatic carbocycles. The van der Waals surface area contributed by atoms with Gasteiger partial charge < -0.3 is 9.13 Å². The highest BCUT2D eigenvalue weighted by Crippen LogP contribution is 2.43. The molecule has 0 unspecified atom stereocenters. The maximum atomic E-state index is 9.59. The van der Waals surface area contributed by atoms with E-state index >= 15 is 0 Å². The van der Waals surface area contributed by atoms with Crippen LogP contribution in [0.1, 0.15) is 5.56 Å². The van der Waals surface area contributed by atoms with E-state index in [4.69, 9.17) is 13.1 Å². The first-order chi connectivity index (χ1) is 24.7. The lowest BCUT2D eigenvalue weighted by atomic mass is 9.97. The second-order valence-corrected chi connectivity index (χ2v) is 12.2. The van der Waals surface area contributed by atoms with E-state index in [1.165, 1.54) is 0 Å². The van der Waals surface area contributed by atoms with E-state index < -0.39 is 0 Å². The zero-order valence-corrected chi connectivity index (χ0v) is 26.7. The van der Waals surface area contributed by atoms with Crippen LogP contribution in [0.5, 0.6) is 0 Å². The molecule has 0 fully saturated rings. The third-order valence-electron chi connectivity index (χ3n) is 9.61. The molecular formula is C45H25N5. The minimum absolute atomic E-state index is 0.549. The standard InChI is InChI=1S/C45H25N5/c1-47-38-16-9-15-33(45(38)50-40-18-7-3-11-34(40)35-12-4-8-19-41(35)50)31-24-22-30(23-25-31)32-14-10-20-43(44(32)48-2)49-39-17-6-5-13-36(39)37-27-29(28-46)21-26-42(37)49/h3-27H. The van der Waals surface area contributed by atoms with Gasteiger partial charge in [-0.25, -0.2) is 9.69 Å². The zero-order valence-electron chi connectivity index (χ0n) is 26.7. The number of hydrogen-bond acceptors (Lipinski definition) is 1. The molecule has 0 amide bonds. The molecule has 0 saturated heterocycles. The summed E-state index contributed by atoms with van der Waals surface area (Å²) in [6.07, 6.45) is 0. The third-order valence-corrected chi connectivity index (χ3v) is 9.61. The molecule has 0 aliphatic rings. The first-order valence-electron chi connectivity index (χ1n) is 16.2. The predicted octanol–water partition coefficient (Wildman–Crippen LogP) is 12.2. The van der Waals surface area contributed by atoms with Gasteiger partial charge in [-0.3, -0.25) is 0 Å². The van der Waals surface area contributed by atoms with Crippen LogP contribution in [0.2, 0.25) is 0 Å². The topological polar surface area (TPSA) is 42.4 Å². The number of rotatable bonds is 4. The molecule has 2 aromatic heterocycles. The Hall–Kier alpha value is -7.39. The summed E-state index contributed by atoms with van der Waals surface area (Å²) < 4.78 is 4.35. The average molecular weight is 636 g/mol. The minimum atomic E-state index is 0.549. The quantitative estimate of drug-likeness (QED) is 0.177. The van der Waals surface area contributed by atoms with Gasteiger partial charge in [-0.05, 0) is 64.7 Å². The van der Waals surface area contributed by atoms with Crippen molar-refractivity contribution in [2.75, 3.05) is 0 Å². The first-order valence-corrected chi connectivity index (χ1v) is 16.2. The highest BCUT2D eigenvalue weighted by molar-refractivity contribution is 6.11. The number of fused-ring (bicyclic) bond motifs is 6. The Morgan fingerprint density at radius 2 is 1.02 bits per heavy atom. The Kier molecular flexibility index (Phi) is 6.56. The number of aromatic nitrogens is 2. The Morgan fingerprint density at radius 3 is 1.64 bits per heavy atom. The smallest absolute Gasteiger partial charge is 0.218 e. The largest absolute Gasteiger partial charge is 0.319 e. The van der Waals surface area contributed by atoms with Gasteiger partial charge in [0.05, 0.1) is 58.2 Å². The van der Waals surface area contributed by atoms with Gasteiger partial charge in [-0.2, -0.15) is 5.26 Å². The molecule has 50 heavy (non-hydrogen) atoms. The lowest BCUT2D eigenvalue weighted by molar-refractivity contribution is 1.19. The van der Waals surface area contributed by atoms with E-state index in [9.17, 15) is 5.26 Å². The van der Waals surface area contributed by atoms with Crippen LogP contribution >= 0.6 is 0 Å². The van der Waals surface area contributed by atoms with E-state index in [0.717, 1.165) is 77.2 Å². The van der Waals surface area contributed by atoms with Gasteiger partial charge in [-0.15, -0.1) is 0 Å². The molecular weight excluding hydrogens is 611 g/mol. The van der Waals surface area contributed by atoms with Gasteiger partial charge in [0, 0.05) is 21.5 Å². The highest BCUT2D eigenvalue weighted by Gasteiger charge is 2.20. The molecule has 230 valence electrons. The lowest BCUT2D eigenvalue weighted by Gasteiger charge is -2.17. The van der Waals surface area contributed by atoms with Crippen molar-refractivity contribution in [3.63, 3.8) is 0 Å². The lowest BCUT2D eigenvalue weighted by Crippen LogP contribution is -1.98. The monoisotopic (exact) mass is 635 g/mol. The van der Waals surface area contributed by atoms with Crippen LogP contribution in [-0.4, -0.2) is 9.13 Å². The molecule has 0 atom stereocenters. The summed E-state index contributed by atoms with van der Waals surface area (Å²) in [6, 6.07) is 53.0. The van der Waals surface area contributed by atoms with E-state index in [-0.39, 0.29) is 0 Å². The number of para-hydroxylation sites is 5.